The predicted molar refractivity (Wildman–Crippen MR) is 249 cm³/mol. The Bertz CT molecular complexity index is 3400. The molecule has 1 atom stereocenters. The molecule has 16 nitrogen and oxygen atoms in total. The van der Waals surface area contributed by atoms with Crippen LogP contribution in [-0.4, -0.2) is 89.6 Å². The summed E-state index contributed by atoms with van der Waals surface area (Å²) in [5.74, 6) is -1.71. The second-order valence-electron chi connectivity index (χ2n) is 16.4. The summed E-state index contributed by atoms with van der Waals surface area (Å²) in [6, 6.07) is 13.5. The number of carboxylic acid groups (broad SMARTS) is 1. The highest BCUT2D eigenvalue weighted by Gasteiger charge is 2.47. The summed E-state index contributed by atoms with van der Waals surface area (Å²) in [6.45, 7) is 6.27. The number of Topliss-reactive ketones (excluding diaryl/α,β-unsaturated/α-hetero) is 1. The summed E-state index contributed by atoms with van der Waals surface area (Å²) in [5, 5.41) is 14.5. The monoisotopic (exact) mass is 960 g/mol. The molecule has 66 heavy (non-hydrogen) atoms. The fourth-order valence-corrected chi connectivity index (χ4v) is 11.7. The van der Waals surface area contributed by atoms with E-state index >= 15 is 0 Å². The number of aliphatic carboxylic acids is 1. The molecule has 2 heterocycles. The highest BCUT2D eigenvalue weighted by molar-refractivity contribution is 7.87. The average Bonchev–Trinajstić information content (AvgIpc) is 3.74. The molecule has 1 unspecified atom stereocenters. The van der Waals surface area contributed by atoms with Crippen molar-refractivity contribution in [2.75, 3.05) is 13.1 Å². The summed E-state index contributed by atoms with van der Waals surface area (Å²) in [6.07, 6.45) is 10.9. The predicted octanol–water partition coefficient (Wildman–Crippen LogP) is 6.69. The van der Waals surface area contributed by atoms with Crippen molar-refractivity contribution in [3.8, 4) is 0 Å². The average molecular weight is 961 g/mol. The molecular weight excluding hydrogens is 911 g/mol. The van der Waals surface area contributed by atoms with Crippen molar-refractivity contribution >= 4 is 97.9 Å². The Morgan fingerprint density at radius 3 is 2.00 bits per heavy atom. The zero-order chi connectivity index (χ0) is 47.9. The lowest BCUT2D eigenvalue weighted by atomic mass is 9.67. The van der Waals surface area contributed by atoms with Crippen molar-refractivity contribution in [2.45, 2.75) is 93.4 Å². The van der Waals surface area contributed by atoms with E-state index in [2.05, 4.69) is 5.32 Å². The van der Waals surface area contributed by atoms with E-state index in [1.54, 1.807) is 67.0 Å². The lowest BCUT2D eigenvalue weighted by molar-refractivity contribution is -0.433. The smallest absolute Gasteiger partial charge is 0.303 e. The van der Waals surface area contributed by atoms with Crippen molar-refractivity contribution in [1.82, 2.24) is 9.88 Å². The number of nitrogens with one attached hydrogen (secondary N) is 1. The Balaban J connectivity index is 1.41. The van der Waals surface area contributed by atoms with Gasteiger partial charge in [0, 0.05) is 64.4 Å². The maximum atomic E-state index is 14.6. The molecule has 4 aromatic carbocycles. The van der Waals surface area contributed by atoms with E-state index in [-0.39, 0.29) is 65.9 Å². The van der Waals surface area contributed by atoms with Crippen LogP contribution in [0.15, 0.2) is 105 Å². The van der Waals surface area contributed by atoms with Gasteiger partial charge in [-0.25, -0.2) is 0 Å². The number of rotatable bonds is 18. The minimum absolute atomic E-state index is 0.00452. The number of allylic oxidation sites excluding steroid dienone is 6. The molecule has 7 rings (SSSR count). The third-order valence-corrected chi connectivity index (χ3v) is 15.0. The van der Waals surface area contributed by atoms with Crippen molar-refractivity contribution in [1.29, 1.82) is 0 Å². The number of ketones is 1. The highest BCUT2D eigenvalue weighted by Crippen LogP contribution is 2.45. The van der Waals surface area contributed by atoms with E-state index in [4.69, 9.17) is 5.11 Å². The fraction of sp³-hybridized carbons (Fsp3) is 0.319. The van der Waals surface area contributed by atoms with Crippen molar-refractivity contribution in [3.63, 3.8) is 0 Å². The number of unbranched alkanes of at least 4 members (excludes halogenated alkanes) is 3. The maximum Gasteiger partial charge on any atom is 0.303 e. The number of aryl methyl sites for hydroxylation is 1. The normalized spacial score (nSPS) is 17.8. The molecule has 0 radical (unpaired) electrons. The van der Waals surface area contributed by atoms with E-state index in [1.165, 1.54) is 12.1 Å². The Labute approximate surface area is 381 Å². The topological polar surface area (TPSA) is 255 Å². The quantitative estimate of drug-likeness (QED) is 0.0266. The van der Waals surface area contributed by atoms with Gasteiger partial charge in [0.25, 0.3) is 20.2 Å². The van der Waals surface area contributed by atoms with Crippen molar-refractivity contribution < 1.29 is 63.0 Å². The molecule has 0 spiro atoms. The van der Waals surface area contributed by atoms with E-state index in [1.807, 2.05) is 29.7 Å². The van der Waals surface area contributed by atoms with Crippen LogP contribution in [0.3, 0.4) is 0 Å². The van der Waals surface area contributed by atoms with Crippen LogP contribution in [0.2, 0.25) is 0 Å². The van der Waals surface area contributed by atoms with Gasteiger partial charge in [-0.05, 0) is 87.9 Å². The van der Waals surface area contributed by atoms with E-state index in [9.17, 15) is 53.3 Å². The molecule has 2 aliphatic rings. The molecule has 1 aliphatic carbocycles. The lowest BCUT2D eigenvalue weighted by Gasteiger charge is -2.35. The Morgan fingerprint density at radius 1 is 0.742 bits per heavy atom. The molecule has 1 aromatic heterocycles. The molecule has 0 saturated heterocycles. The number of carbonyl (C=O) groups is 3. The molecule has 0 saturated carbocycles. The van der Waals surface area contributed by atoms with Gasteiger partial charge in [0.05, 0.1) is 10.9 Å². The lowest BCUT2D eigenvalue weighted by Crippen LogP contribution is -2.48. The van der Waals surface area contributed by atoms with E-state index in [0.717, 1.165) is 11.6 Å². The summed E-state index contributed by atoms with van der Waals surface area (Å²) in [7, 11) is -14.6. The van der Waals surface area contributed by atoms with Gasteiger partial charge < -0.3 is 15.0 Å². The van der Waals surface area contributed by atoms with Gasteiger partial charge in [0.2, 0.25) is 17.3 Å². The largest absolute Gasteiger partial charge is 0.481 e. The number of nitrogens with zero attached hydrogens (tertiary/aromatic N) is 2. The van der Waals surface area contributed by atoms with Crippen molar-refractivity contribution in [3.05, 3.63) is 101 Å². The van der Waals surface area contributed by atoms with Gasteiger partial charge in [0.15, 0.2) is 4.90 Å². The van der Waals surface area contributed by atoms with Crippen LogP contribution < -0.4 is 10.7 Å². The summed E-state index contributed by atoms with van der Waals surface area (Å²) >= 11 is 0. The first-order valence-electron chi connectivity index (χ1n) is 21.5. The number of amides is 1. The third kappa shape index (κ3) is 9.02. The molecule has 5 N–H and O–H groups in total. The van der Waals surface area contributed by atoms with Crippen LogP contribution in [0.5, 0.6) is 0 Å². The number of aromatic nitrogens is 1. The first-order valence-corrected chi connectivity index (χ1v) is 25.8. The van der Waals surface area contributed by atoms with Gasteiger partial charge in [-0.1, -0.05) is 61.4 Å². The van der Waals surface area contributed by atoms with Crippen LogP contribution in [0.1, 0.15) is 77.7 Å². The van der Waals surface area contributed by atoms with Crippen LogP contribution in [-0.2, 0) is 51.3 Å². The minimum atomic E-state index is -5.04. The van der Waals surface area contributed by atoms with Gasteiger partial charge >= 0.3 is 16.1 Å². The second-order valence-corrected chi connectivity index (χ2v) is 20.6. The number of hydrogen-bond acceptors (Lipinski definition) is 9. The molecule has 348 valence electrons. The molecule has 0 bridgehead atoms. The van der Waals surface area contributed by atoms with Crippen LogP contribution >= 0.6 is 0 Å². The fourth-order valence-electron chi connectivity index (χ4n) is 9.54. The van der Waals surface area contributed by atoms with Crippen LogP contribution in [0, 0.1) is 5.41 Å². The molecule has 19 heteroatoms. The Kier molecular flexibility index (Phi) is 13.5. The van der Waals surface area contributed by atoms with Gasteiger partial charge in [-0.15, -0.1) is 0 Å². The SMILES string of the molecule is CCNC(=O)C1(C(=O)CCCCCCC(=O)O)CC(=CC=c2c3cccc4c(S(=O)(=O)O)ccc(c43)n2CC)C=C(C=CC2=[N+](CC)c3c(S(=O)(=O)O)cc(S(=O)(=O)O)c4cccc2c34)C1. The number of carbonyl (C=O) groups excluding carboxylic acids is 2. The van der Waals surface area contributed by atoms with E-state index in [0.29, 0.717) is 76.2 Å². The summed E-state index contributed by atoms with van der Waals surface area (Å²) in [4.78, 5) is 38.4. The Morgan fingerprint density at radius 2 is 1.38 bits per heavy atom. The summed E-state index contributed by atoms with van der Waals surface area (Å²) in [5.41, 5.74) is 1.07. The third-order valence-electron chi connectivity index (χ3n) is 12.3. The van der Waals surface area contributed by atoms with E-state index < -0.39 is 57.4 Å². The standard InChI is InChI=1S/C47H49N3O13S3/c1-4-48-46(54)47(41(51)17-9-7-8-10-18-42(52)53)27-29(19-21-35-31-13-11-15-33-38(64(55,56)57)24-23-37(43(31)33)49(35)5-2)25-30(28-47)20-22-36-32-14-12-16-34-39(65(58,59)60)26-40(66(61,62)63)45(44(32)34)50(36)6-3/h11-16,19-26H,4-10,17-18,27-28H2,1-3H3,(H4-,48,52,53,54,55,56,57,58,59,60,61,62,63)/p+1. The molecule has 5 aromatic rings. The summed E-state index contributed by atoms with van der Waals surface area (Å²) < 4.78 is 110. The van der Waals surface area contributed by atoms with Gasteiger partial charge in [-0.3, -0.25) is 28.0 Å². The first kappa shape index (κ1) is 48.1. The number of hydrogen-bond donors (Lipinski definition) is 5. The second kappa shape index (κ2) is 18.5. The molecule has 1 aliphatic heterocycles. The minimum Gasteiger partial charge on any atom is -0.481 e. The highest BCUT2D eigenvalue weighted by atomic mass is 32.2. The van der Waals surface area contributed by atoms with Gasteiger partial charge in [-0.2, -0.15) is 29.8 Å². The number of carboxylic acids is 1. The molecular formula is C47H50N3O13S3+. The molecule has 1 amide bonds. The van der Waals surface area contributed by atoms with Crippen LogP contribution in [0.4, 0.5) is 5.69 Å². The van der Waals surface area contributed by atoms with Crippen molar-refractivity contribution in [2.24, 2.45) is 5.41 Å². The van der Waals surface area contributed by atoms with Crippen LogP contribution in [0.25, 0.3) is 38.5 Å². The zero-order valence-corrected chi connectivity index (χ0v) is 38.9. The first-order chi connectivity index (χ1) is 31.2. The number of benzene rings is 4. The molecule has 0 fully saturated rings. The maximum absolute atomic E-state index is 14.6. The Hall–Kier alpha value is -5.83. The van der Waals surface area contributed by atoms with Gasteiger partial charge in [0.1, 0.15) is 27.5 Å². The zero-order valence-electron chi connectivity index (χ0n) is 36.4.